The minimum absolute atomic E-state index is 0.156. The van der Waals surface area contributed by atoms with Crippen LogP contribution in [-0.4, -0.2) is 28.1 Å². The predicted octanol–water partition coefficient (Wildman–Crippen LogP) is 6.16. The summed E-state index contributed by atoms with van der Waals surface area (Å²) >= 11 is 2.85. The SMILES string of the molecule is COc1cc(/C=C2\SC(=O)N(Cc3ccccc3[N+](=O)[O-])C2=O)cc(I)c1OCc1ccc(F)cc1. The maximum absolute atomic E-state index is 13.1. The van der Waals surface area contributed by atoms with Gasteiger partial charge in [-0.3, -0.25) is 24.6 Å². The number of ether oxygens (including phenoxy) is 2. The molecule has 0 N–H and O–H groups in total. The van der Waals surface area contributed by atoms with Crippen LogP contribution < -0.4 is 9.47 Å². The lowest BCUT2D eigenvalue weighted by atomic mass is 10.1. The summed E-state index contributed by atoms with van der Waals surface area (Å²) in [5, 5.41) is 10.8. The highest BCUT2D eigenvalue weighted by Crippen LogP contribution is 2.38. The predicted molar refractivity (Wildman–Crippen MR) is 141 cm³/mol. The first-order valence-corrected chi connectivity index (χ1v) is 12.4. The van der Waals surface area contributed by atoms with E-state index in [0.29, 0.717) is 20.6 Å². The van der Waals surface area contributed by atoms with Crippen LogP contribution in [0.2, 0.25) is 0 Å². The Kier molecular flexibility index (Phi) is 7.89. The van der Waals surface area contributed by atoms with Crippen LogP contribution in [0.5, 0.6) is 11.5 Å². The van der Waals surface area contributed by atoms with E-state index in [1.54, 1.807) is 36.4 Å². The molecule has 0 bridgehead atoms. The van der Waals surface area contributed by atoms with Crippen molar-refractivity contribution in [2.45, 2.75) is 13.2 Å². The molecule has 2 amide bonds. The molecule has 1 saturated heterocycles. The first-order valence-electron chi connectivity index (χ1n) is 10.5. The van der Waals surface area contributed by atoms with Gasteiger partial charge in [0.2, 0.25) is 0 Å². The fourth-order valence-corrected chi connectivity index (χ4v) is 5.10. The van der Waals surface area contributed by atoms with E-state index in [9.17, 15) is 24.1 Å². The Hall–Kier alpha value is -3.45. The molecule has 36 heavy (non-hydrogen) atoms. The number of hydrogen-bond acceptors (Lipinski definition) is 7. The van der Waals surface area contributed by atoms with Crippen molar-refractivity contribution in [1.29, 1.82) is 0 Å². The minimum Gasteiger partial charge on any atom is -0.493 e. The lowest BCUT2D eigenvalue weighted by Crippen LogP contribution is -2.27. The van der Waals surface area contributed by atoms with Crippen molar-refractivity contribution >= 4 is 57.3 Å². The molecule has 0 aliphatic carbocycles. The van der Waals surface area contributed by atoms with E-state index in [-0.39, 0.29) is 35.1 Å². The monoisotopic (exact) mass is 620 g/mol. The number of carbonyl (C=O) groups is 2. The zero-order valence-corrected chi connectivity index (χ0v) is 21.7. The Morgan fingerprint density at radius 3 is 2.56 bits per heavy atom. The van der Waals surface area contributed by atoms with Crippen molar-refractivity contribution in [3.63, 3.8) is 0 Å². The van der Waals surface area contributed by atoms with Crippen LogP contribution >= 0.6 is 34.4 Å². The molecular formula is C25H18FIN2O6S. The maximum Gasteiger partial charge on any atom is 0.293 e. The van der Waals surface area contributed by atoms with E-state index >= 15 is 0 Å². The summed E-state index contributed by atoms with van der Waals surface area (Å²) in [6.45, 7) is 0.00663. The van der Waals surface area contributed by atoms with Crippen LogP contribution in [0, 0.1) is 19.5 Å². The van der Waals surface area contributed by atoms with Gasteiger partial charge in [-0.25, -0.2) is 4.39 Å². The Balaban J connectivity index is 1.54. The zero-order valence-electron chi connectivity index (χ0n) is 18.8. The minimum atomic E-state index is -0.543. The van der Waals surface area contributed by atoms with Crippen molar-refractivity contribution in [1.82, 2.24) is 4.90 Å². The number of nitro benzene ring substituents is 1. The lowest BCUT2D eigenvalue weighted by Gasteiger charge is -2.14. The molecule has 0 unspecified atom stereocenters. The van der Waals surface area contributed by atoms with Crippen LogP contribution in [0.1, 0.15) is 16.7 Å². The van der Waals surface area contributed by atoms with Crippen molar-refractivity contribution in [2.24, 2.45) is 0 Å². The number of halogens is 2. The molecule has 0 saturated carbocycles. The number of nitrogens with zero attached hydrogens (tertiary/aromatic N) is 2. The number of para-hydroxylation sites is 1. The van der Waals surface area contributed by atoms with Gasteiger partial charge in [0.15, 0.2) is 11.5 Å². The van der Waals surface area contributed by atoms with Gasteiger partial charge in [-0.15, -0.1) is 0 Å². The zero-order chi connectivity index (χ0) is 25.8. The Labute approximate surface area is 223 Å². The molecule has 3 aromatic carbocycles. The Bertz CT molecular complexity index is 1380. The van der Waals surface area contributed by atoms with Gasteiger partial charge in [0.1, 0.15) is 12.4 Å². The third-order valence-corrected chi connectivity index (χ3v) is 6.95. The van der Waals surface area contributed by atoms with Gasteiger partial charge in [-0.1, -0.05) is 30.3 Å². The molecule has 11 heteroatoms. The number of nitro groups is 1. The summed E-state index contributed by atoms with van der Waals surface area (Å²) in [7, 11) is 1.49. The third kappa shape index (κ3) is 5.68. The van der Waals surface area contributed by atoms with Gasteiger partial charge in [0.05, 0.1) is 27.1 Å². The summed E-state index contributed by atoms with van der Waals surface area (Å²) in [6.07, 6.45) is 1.57. The van der Waals surface area contributed by atoms with Crippen molar-refractivity contribution in [2.75, 3.05) is 7.11 Å². The molecule has 1 aliphatic rings. The maximum atomic E-state index is 13.1. The molecular weight excluding hydrogens is 602 g/mol. The van der Waals surface area contributed by atoms with E-state index in [0.717, 1.165) is 22.2 Å². The second kappa shape index (κ2) is 11.1. The number of imide groups is 1. The van der Waals surface area contributed by atoms with E-state index in [1.165, 1.54) is 37.4 Å². The average Bonchev–Trinajstić information content (AvgIpc) is 3.11. The number of hydrogen-bond donors (Lipinski definition) is 0. The highest BCUT2D eigenvalue weighted by Gasteiger charge is 2.36. The standard InChI is InChI=1S/C25H18FIN2O6S/c1-34-21-11-16(10-19(27)23(21)35-14-15-6-8-18(26)9-7-15)12-22-24(30)28(25(31)36-22)13-17-4-2-3-5-20(17)29(32)33/h2-12H,13-14H2,1H3/b22-12-. The van der Waals surface area contributed by atoms with Gasteiger partial charge in [0, 0.05) is 11.6 Å². The summed E-state index contributed by atoms with van der Waals surface area (Å²) in [5.41, 5.74) is 1.51. The summed E-state index contributed by atoms with van der Waals surface area (Å²) < 4.78 is 25.2. The molecule has 3 aromatic rings. The summed E-state index contributed by atoms with van der Waals surface area (Å²) in [4.78, 5) is 37.4. The molecule has 1 aliphatic heterocycles. The molecule has 0 radical (unpaired) electrons. The van der Waals surface area contributed by atoms with E-state index < -0.39 is 16.1 Å². The number of amides is 2. The largest absolute Gasteiger partial charge is 0.493 e. The van der Waals surface area contributed by atoms with E-state index in [4.69, 9.17) is 9.47 Å². The van der Waals surface area contributed by atoms with Gasteiger partial charge < -0.3 is 9.47 Å². The number of thioether (sulfide) groups is 1. The fraction of sp³-hybridized carbons (Fsp3) is 0.120. The van der Waals surface area contributed by atoms with Crippen LogP contribution in [0.25, 0.3) is 6.08 Å². The molecule has 0 spiro atoms. The van der Waals surface area contributed by atoms with Gasteiger partial charge in [-0.2, -0.15) is 0 Å². The quantitative estimate of drug-likeness (QED) is 0.129. The van der Waals surface area contributed by atoms with Gasteiger partial charge >= 0.3 is 0 Å². The normalized spacial score (nSPS) is 14.4. The first kappa shape index (κ1) is 25.6. The number of rotatable bonds is 8. The highest BCUT2D eigenvalue weighted by atomic mass is 127. The first-order chi connectivity index (χ1) is 17.3. The lowest BCUT2D eigenvalue weighted by molar-refractivity contribution is -0.385. The summed E-state index contributed by atoms with van der Waals surface area (Å²) in [5.74, 6) is 0.0499. The second-order valence-electron chi connectivity index (χ2n) is 7.60. The van der Waals surface area contributed by atoms with Crippen LogP contribution in [0.4, 0.5) is 14.9 Å². The van der Waals surface area contributed by atoms with Gasteiger partial charge in [0.25, 0.3) is 16.8 Å². The van der Waals surface area contributed by atoms with Crippen LogP contribution in [0.3, 0.4) is 0 Å². The van der Waals surface area contributed by atoms with E-state index in [2.05, 4.69) is 22.6 Å². The molecule has 0 atom stereocenters. The topological polar surface area (TPSA) is 99.0 Å². The molecule has 184 valence electrons. The molecule has 1 heterocycles. The second-order valence-corrected chi connectivity index (χ2v) is 9.76. The average molecular weight is 620 g/mol. The molecule has 0 aromatic heterocycles. The Morgan fingerprint density at radius 2 is 1.86 bits per heavy atom. The van der Waals surface area contributed by atoms with Crippen molar-refractivity contribution < 1.29 is 28.4 Å². The summed E-state index contributed by atoms with van der Waals surface area (Å²) in [6, 6.07) is 15.4. The molecule has 8 nitrogen and oxygen atoms in total. The van der Waals surface area contributed by atoms with Crippen LogP contribution in [-0.2, 0) is 17.9 Å². The number of methoxy groups -OCH3 is 1. The molecule has 1 fully saturated rings. The van der Waals surface area contributed by atoms with Crippen LogP contribution in [0.15, 0.2) is 65.6 Å². The smallest absolute Gasteiger partial charge is 0.293 e. The Morgan fingerprint density at radius 1 is 1.14 bits per heavy atom. The number of carbonyl (C=O) groups excluding carboxylic acids is 2. The van der Waals surface area contributed by atoms with Gasteiger partial charge in [-0.05, 0) is 75.8 Å². The highest BCUT2D eigenvalue weighted by molar-refractivity contribution is 14.1. The van der Waals surface area contributed by atoms with E-state index in [1.807, 2.05) is 0 Å². The molecule has 4 rings (SSSR count). The third-order valence-electron chi connectivity index (χ3n) is 5.24. The number of benzene rings is 3. The fourth-order valence-electron chi connectivity index (χ4n) is 3.48. The van der Waals surface area contributed by atoms with Crippen molar-refractivity contribution in [3.05, 3.63) is 102 Å². The van der Waals surface area contributed by atoms with Crippen molar-refractivity contribution in [3.8, 4) is 11.5 Å².